The quantitative estimate of drug-likeness (QED) is 0.176. The number of rotatable bonds is 18. The summed E-state index contributed by atoms with van der Waals surface area (Å²) in [5.41, 5.74) is 0. The molecule has 0 rings (SSSR count). The standard InChI is InChI=1S/C21H40N4O6/c1-16(18(26)24-20(28)29)22-14-12-10-8-6-4-3-5-7-9-11-13-15-23-17(2)19(27)25-21(30)31/h16-17,22-23H,3-15H2,1-2H3,(H,24,26)(H,25,27)(H,28,29)(H,30,31). The second-order valence-corrected chi connectivity index (χ2v) is 7.83. The first-order valence-electron chi connectivity index (χ1n) is 11.3. The third-order valence-corrected chi connectivity index (χ3v) is 5.00. The van der Waals surface area contributed by atoms with Crippen LogP contribution in [0.1, 0.15) is 84.5 Å². The molecule has 2 unspecified atom stereocenters. The van der Waals surface area contributed by atoms with E-state index >= 15 is 0 Å². The van der Waals surface area contributed by atoms with Crippen LogP contribution in [0.5, 0.6) is 0 Å². The van der Waals surface area contributed by atoms with Crippen molar-refractivity contribution in [1.82, 2.24) is 21.3 Å². The topological polar surface area (TPSA) is 157 Å². The van der Waals surface area contributed by atoms with E-state index in [1.807, 2.05) is 10.6 Å². The number of hydrogen-bond donors (Lipinski definition) is 6. The summed E-state index contributed by atoms with van der Waals surface area (Å²) >= 11 is 0. The van der Waals surface area contributed by atoms with Crippen molar-refractivity contribution in [3.05, 3.63) is 0 Å². The van der Waals surface area contributed by atoms with Crippen molar-refractivity contribution in [2.24, 2.45) is 0 Å². The predicted molar refractivity (Wildman–Crippen MR) is 118 cm³/mol. The fourth-order valence-electron chi connectivity index (χ4n) is 3.09. The third-order valence-electron chi connectivity index (χ3n) is 5.00. The van der Waals surface area contributed by atoms with Gasteiger partial charge in [-0.25, -0.2) is 9.59 Å². The van der Waals surface area contributed by atoms with Crippen molar-refractivity contribution < 1.29 is 29.4 Å². The van der Waals surface area contributed by atoms with Crippen LogP contribution < -0.4 is 21.3 Å². The molecule has 0 aliphatic carbocycles. The van der Waals surface area contributed by atoms with Gasteiger partial charge < -0.3 is 20.8 Å². The number of hydrogen-bond acceptors (Lipinski definition) is 6. The highest BCUT2D eigenvalue weighted by molar-refractivity contribution is 5.94. The van der Waals surface area contributed by atoms with Crippen molar-refractivity contribution in [2.75, 3.05) is 13.1 Å². The summed E-state index contributed by atoms with van der Waals surface area (Å²) in [7, 11) is 0. The molecule has 0 fully saturated rings. The summed E-state index contributed by atoms with van der Waals surface area (Å²) in [4.78, 5) is 43.6. The van der Waals surface area contributed by atoms with Crippen LogP contribution in [0.25, 0.3) is 0 Å². The summed E-state index contributed by atoms with van der Waals surface area (Å²) in [5, 5.41) is 26.7. The molecule has 0 aliphatic heterocycles. The largest absolute Gasteiger partial charge is 0.465 e. The van der Waals surface area contributed by atoms with E-state index in [4.69, 9.17) is 10.2 Å². The van der Waals surface area contributed by atoms with E-state index in [1.165, 1.54) is 32.1 Å². The first kappa shape index (κ1) is 28.8. The van der Waals surface area contributed by atoms with E-state index in [9.17, 15) is 19.2 Å². The molecule has 0 radical (unpaired) electrons. The van der Waals surface area contributed by atoms with Crippen LogP contribution in [-0.2, 0) is 9.59 Å². The Hall–Kier alpha value is -2.20. The van der Waals surface area contributed by atoms with Gasteiger partial charge in [0.1, 0.15) is 0 Å². The molecule has 31 heavy (non-hydrogen) atoms. The van der Waals surface area contributed by atoms with E-state index in [0.717, 1.165) is 38.5 Å². The Kier molecular flexibility index (Phi) is 17.2. The number of nitrogens with one attached hydrogen (secondary N) is 4. The summed E-state index contributed by atoms with van der Waals surface area (Å²) in [6.45, 7) is 4.70. The second kappa shape index (κ2) is 18.6. The highest BCUT2D eigenvalue weighted by atomic mass is 16.4. The van der Waals surface area contributed by atoms with Gasteiger partial charge in [-0.15, -0.1) is 0 Å². The summed E-state index contributed by atoms with van der Waals surface area (Å²) in [6.07, 6.45) is 9.88. The van der Waals surface area contributed by atoms with Gasteiger partial charge in [0.15, 0.2) is 0 Å². The Bertz CT molecular complexity index is 498. The van der Waals surface area contributed by atoms with E-state index in [0.29, 0.717) is 13.1 Å². The Morgan fingerprint density at radius 3 is 1.06 bits per heavy atom. The lowest BCUT2D eigenvalue weighted by molar-refractivity contribution is -0.122. The van der Waals surface area contributed by atoms with Crippen LogP contribution in [-0.4, -0.2) is 59.4 Å². The molecule has 0 bridgehead atoms. The maximum atomic E-state index is 11.4. The lowest BCUT2D eigenvalue weighted by Gasteiger charge is -2.12. The molecule has 0 heterocycles. The van der Waals surface area contributed by atoms with Crippen molar-refractivity contribution in [1.29, 1.82) is 0 Å². The molecule has 0 saturated heterocycles. The minimum absolute atomic E-state index is 0.508. The van der Waals surface area contributed by atoms with Gasteiger partial charge >= 0.3 is 12.2 Å². The zero-order valence-corrected chi connectivity index (χ0v) is 18.9. The normalized spacial score (nSPS) is 12.7. The van der Waals surface area contributed by atoms with Gasteiger partial charge in [-0.05, 0) is 39.8 Å². The Morgan fingerprint density at radius 1 is 0.548 bits per heavy atom. The van der Waals surface area contributed by atoms with Gasteiger partial charge in [0.05, 0.1) is 12.1 Å². The van der Waals surface area contributed by atoms with Crippen LogP contribution in [0.3, 0.4) is 0 Å². The van der Waals surface area contributed by atoms with Crippen molar-refractivity contribution in [2.45, 2.75) is 96.6 Å². The summed E-state index contributed by atoms with van der Waals surface area (Å²) < 4.78 is 0. The highest BCUT2D eigenvalue weighted by Crippen LogP contribution is 2.11. The lowest BCUT2D eigenvalue weighted by atomic mass is 10.1. The maximum absolute atomic E-state index is 11.4. The van der Waals surface area contributed by atoms with E-state index in [2.05, 4.69) is 10.6 Å². The Labute approximate surface area is 184 Å². The SMILES string of the molecule is CC(NCCCCCCCCCCCCCNC(C)C(=O)NC(=O)O)C(=O)NC(=O)O. The van der Waals surface area contributed by atoms with Crippen LogP contribution >= 0.6 is 0 Å². The zero-order chi connectivity index (χ0) is 23.5. The number of amides is 4. The number of imide groups is 2. The van der Waals surface area contributed by atoms with Crippen molar-refractivity contribution >= 4 is 24.0 Å². The van der Waals surface area contributed by atoms with Crippen LogP contribution in [0.15, 0.2) is 0 Å². The molecule has 0 aromatic carbocycles. The molecule has 0 saturated carbocycles. The monoisotopic (exact) mass is 444 g/mol. The van der Waals surface area contributed by atoms with Crippen molar-refractivity contribution in [3.63, 3.8) is 0 Å². The Balaban J connectivity index is 3.35. The average Bonchev–Trinajstić information content (AvgIpc) is 2.69. The van der Waals surface area contributed by atoms with E-state index in [-0.39, 0.29) is 0 Å². The van der Waals surface area contributed by atoms with Crippen LogP contribution in [0, 0.1) is 0 Å². The zero-order valence-electron chi connectivity index (χ0n) is 18.9. The number of carbonyl (C=O) groups excluding carboxylic acids is 2. The molecule has 10 nitrogen and oxygen atoms in total. The van der Waals surface area contributed by atoms with Gasteiger partial charge in [0, 0.05) is 0 Å². The second-order valence-electron chi connectivity index (χ2n) is 7.83. The van der Waals surface area contributed by atoms with E-state index < -0.39 is 36.1 Å². The van der Waals surface area contributed by atoms with E-state index in [1.54, 1.807) is 13.8 Å². The molecule has 10 heteroatoms. The highest BCUT2D eigenvalue weighted by Gasteiger charge is 2.14. The van der Waals surface area contributed by atoms with Gasteiger partial charge in [-0.3, -0.25) is 20.2 Å². The van der Waals surface area contributed by atoms with Gasteiger partial charge in [-0.1, -0.05) is 57.8 Å². The molecule has 4 amide bonds. The van der Waals surface area contributed by atoms with Crippen LogP contribution in [0.4, 0.5) is 9.59 Å². The van der Waals surface area contributed by atoms with Gasteiger partial charge in [0.25, 0.3) is 0 Å². The number of carbonyl (C=O) groups is 4. The van der Waals surface area contributed by atoms with Crippen LogP contribution in [0.2, 0.25) is 0 Å². The van der Waals surface area contributed by atoms with Gasteiger partial charge in [0.2, 0.25) is 11.8 Å². The summed E-state index contributed by atoms with van der Waals surface area (Å²) in [5.74, 6) is -1.05. The molecule has 6 N–H and O–H groups in total. The first-order chi connectivity index (χ1) is 14.7. The minimum Gasteiger partial charge on any atom is -0.465 e. The number of unbranched alkanes of at least 4 members (excludes halogenated alkanes) is 10. The fraction of sp³-hybridized carbons (Fsp3) is 0.810. The average molecular weight is 445 g/mol. The minimum atomic E-state index is -1.33. The molecule has 0 aliphatic rings. The molecule has 0 aromatic heterocycles. The predicted octanol–water partition coefficient (Wildman–Crippen LogP) is 2.82. The molecule has 2 atom stereocenters. The molecule has 0 spiro atoms. The smallest absolute Gasteiger partial charge is 0.411 e. The maximum Gasteiger partial charge on any atom is 0.411 e. The summed E-state index contributed by atoms with van der Waals surface area (Å²) in [6, 6.07) is -1.02. The number of carboxylic acid groups (broad SMARTS) is 2. The Morgan fingerprint density at radius 2 is 0.806 bits per heavy atom. The molecular formula is C21H40N4O6. The third kappa shape index (κ3) is 18.3. The fourth-order valence-corrected chi connectivity index (χ4v) is 3.09. The van der Waals surface area contributed by atoms with Gasteiger partial charge in [-0.2, -0.15) is 0 Å². The molecule has 180 valence electrons. The first-order valence-corrected chi connectivity index (χ1v) is 11.3. The molecule has 0 aromatic rings. The molecular weight excluding hydrogens is 404 g/mol. The lowest BCUT2D eigenvalue weighted by Crippen LogP contribution is -2.44. The van der Waals surface area contributed by atoms with Crippen molar-refractivity contribution in [3.8, 4) is 0 Å².